The van der Waals surface area contributed by atoms with Crippen molar-refractivity contribution in [3.63, 3.8) is 0 Å². The van der Waals surface area contributed by atoms with Crippen molar-refractivity contribution < 1.29 is 0 Å². The first kappa shape index (κ1) is 9.81. The van der Waals surface area contributed by atoms with E-state index in [4.69, 9.17) is 0 Å². The number of aryl methyl sites for hydroxylation is 1. The zero-order valence-corrected chi connectivity index (χ0v) is 9.26. The fraction of sp³-hybridized carbons (Fsp3) is 0.444. The second-order valence-electron chi connectivity index (χ2n) is 2.54. The second-order valence-corrected chi connectivity index (χ2v) is 4.83. The number of nitrogens with zero attached hydrogens (tertiary/aromatic N) is 1. The third kappa shape index (κ3) is 2.64. The molecule has 1 aromatic heterocycles. The minimum absolute atomic E-state index is 1.10. The second kappa shape index (κ2) is 4.67. The Morgan fingerprint density at radius 2 is 2.50 bits per heavy atom. The van der Waals surface area contributed by atoms with Gasteiger partial charge in [0.05, 0.1) is 5.51 Å². The molecule has 3 heteroatoms. The number of rotatable bonds is 3. The number of hydrogen-bond acceptors (Lipinski definition) is 3. The van der Waals surface area contributed by atoms with E-state index in [0.29, 0.717) is 0 Å². The Hall–Kier alpha value is -0.280. The maximum atomic E-state index is 4.28. The molecular weight excluding hydrogens is 186 g/mol. The highest BCUT2D eigenvalue weighted by Crippen LogP contribution is 2.29. The molecule has 1 aromatic rings. The molecule has 0 radical (unpaired) electrons. The Morgan fingerprint density at radius 3 is 3.00 bits per heavy atom. The van der Waals surface area contributed by atoms with Crippen LogP contribution in [-0.4, -0.2) is 4.98 Å². The van der Waals surface area contributed by atoms with Crippen molar-refractivity contribution in [3.05, 3.63) is 21.4 Å². The molecule has 0 N–H and O–H groups in total. The highest BCUT2D eigenvalue weighted by atomic mass is 32.2. The van der Waals surface area contributed by atoms with E-state index in [1.165, 1.54) is 9.78 Å². The highest BCUT2D eigenvalue weighted by molar-refractivity contribution is 8.03. The molecule has 0 bridgehead atoms. The smallest absolute Gasteiger partial charge is 0.114 e. The third-order valence-electron chi connectivity index (χ3n) is 1.45. The van der Waals surface area contributed by atoms with Crippen molar-refractivity contribution >= 4 is 23.1 Å². The SMILES string of the molecule is CC/C=C(/C)Sc1ncsc1C. The van der Waals surface area contributed by atoms with Gasteiger partial charge in [0, 0.05) is 4.88 Å². The van der Waals surface area contributed by atoms with Gasteiger partial charge in [-0.05, 0) is 25.2 Å². The maximum absolute atomic E-state index is 4.28. The quantitative estimate of drug-likeness (QED) is 0.686. The first-order valence-corrected chi connectivity index (χ1v) is 5.68. The number of hydrogen-bond donors (Lipinski definition) is 0. The van der Waals surface area contributed by atoms with Crippen LogP contribution in [0.4, 0.5) is 0 Å². The van der Waals surface area contributed by atoms with Crippen molar-refractivity contribution in [1.29, 1.82) is 0 Å². The van der Waals surface area contributed by atoms with Crippen molar-refractivity contribution in [3.8, 4) is 0 Å². The minimum Gasteiger partial charge on any atom is -0.238 e. The van der Waals surface area contributed by atoms with Crippen molar-refractivity contribution in [2.75, 3.05) is 0 Å². The number of thioether (sulfide) groups is 1. The van der Waals surface area contributed by atoms with Gasteiger partial charge in [-0.25, -0.2) is 4.98 Å². The first-order valence-electron chi connectivity index (χ1n) is 3.98. The standard InChI is InChI=1S/C9H13NS2/c1-4-5-7(2)12-9-8(3)11-6-10-9/h5-6H,4H2,1-3H3/b7-5-. The van der Waals surface area contributed by atoms with Gasteiger partial charge in [-0.2, -0.15) is 0 Å². The fourth-order valence-electron chi connectivity index (χ4n) is 0.874. The number of thiazole rings is 1. The van der Waals surface area contributed by atoms with Crippen LogP contribution in [0, 0.1) is 6.92 Å². The van der Waals surface area contributed by atoms with Crippen molar-refractivity contribution in [1.82, 2.24) is 4.98 Å². The van der Waals surface area contributed by atoms with Gasteiger partial charge < -0.3 is 0 Å². The molecule has 0 saturated carbocycles. The Kier molecular flexibility index (Phi) is 3.82. The molecule has 0 aromatic carbocycles. The van der Waals surface area contributed by atoms with E-state index >= 15 is 0 Å². The molecule has 1 rings (SSSR count). The van der Waals surface area contributed by atoms with Crippen LogP contribution in [0.25, 0.3) is 0 Å². The average Bonchev–Trinajstić information content (AvgIpc) is 2.37. The largest absolute Gasteiger partial charge is 0.238 e. The van der Waals surface area contributed by atoms with E-state index in [0.717, 1.165) is 11.4 Å². The van der Waals surface area contributed by atoms with Gasteiger partial charge >= 0.3 is 0 Å². The van der Waals surface area contributed by atoms with Crippen LogP contribution in [0.2, 0.25) is 0 Å². The van der Waals surface area contributed by atoms with Crippen LogP contribution < -0.4 is 0 Å². The van der Waals surface area contributed by atoms with E-state index in [-0.39, 0.29) is 0 Å². The van der Waals surface area contributed by atoms with E-state index in [9.17, 15) is 0 Å². The normalized spacial score (nSPS) is 12.1. The molecule has 12 heavy (non-hydrogen) atoms. The average molecular weight is 199 g/mol. The summed E-state index contributed by atoms with van der Waals surface area (Å²) in [5.74, 6) is 0. The van der Waals surface area contributed by atoms with Gasteiger partial charge in [0.25, 0.3) is 0 Å². The lowest BCUT2D eigenvalue weighted by Gasteiger charge is -1.97. The fourth-order valence-corrected chi connectivity index (χ4v) is 2.48. The van der Waals surface area contributed by atoms with Crippen LogP contribution in [-0.2, 0) is 0 Å². The Morgan fingerprint density at radius 1 is 1.75 bits per heavy atom. The van der Waals surface area contributed by atoms with E-state index in [1.54, 1.807) is 23.1 Å². The molecule has 66 valence electrons. The predicted molar refractivity (Wildman–Crippen MR) is 56.8 cm³/mol. The first-order chi connectivity index (χ1) is 5.74. The van der Waals surface area contributed by atoms with E-state index in [2.05, 4.69) is 31.8 Å². The number of allylic oxidation sites excluding steroid dienone is 2. The highest BCUT2D eigenvalue weighted by Gasteiger charge is 2.01. The monoisotopic (exact) mass is 199 g/mol. The molecule has 0 fully saturated rings. The lowest BCUT2D eigenvalue weighted by Crippen LogP contribution is -1.74. The third-order valence-corrected chi connectivity index (χ3v) is 3.43. The Labute approximate surface area is 81.9 Å². The van der Waals surface area contributed by atoms with E-state index < -0.39 is 0 Å². The summed E-state index contributed by atoms with van der Waals surface area (Å²) in [7, 11) is 0. The van der Waals surface area contributed by atoms with Gasteiger partial charge in [-0.15, -0.1) is 11.3 Å². The van der Waals surface area contributed by atoms with Crippen LogP contribution >= 0.6 is 23.1 Å². The van der Waals surface area contributed by atoms with Crippen LogP contribution in [0.3, 0.4) is 0 Å². The maximum Gasteiger partial charge on any atom is 0.114 e. The molecule has 0 aliphatic heterocycles. The summed E-state index contributed by atoms with van der Waals surface area (Å²) in [6.45, 7) is 6.39. The minimum atomic E-state index is 1.10. The molecule has 0 spiro atoms. The molecule has 1 nitrogen and oxygen atoms in total. The van der Waals surface area contributed by atoms with Gasteiger partial charge in [0.1, 0.15) is 5.03 Å². The molecular formula is C9H13NS2. The lowest BCUT2D eigenvalue weighted by atomic mass is 10.4. The topological polar surface area (TPSA) is 12.9 Å². The molecule has 0 atom stereocenters. The summed E-state index contributed by atoms with van der Waals surface area (Å²) >= 11 is 3.47. The van der Waals surface area contributed by atoms with Crippen molar-refractivity contribution in [2.24, 2.45) is 0 Å². The van der Waals surface area contributed by atoms with Gasteiger partial charge in [-0.1, -0.05) is 24.8 Å². The molecule has 0 amide bonds. The summed E-state index contributed by atoms with van der Waals surface area (Å²) in [4.78, 5) is 6.93. The molecule has 1 heterocycles. The summed E-state index contributed by atoms with van der Waals surface area (Å²) in [5.41, 5.74) is 1.90. The van der Waals surface area contributed by atoms with Crippen LogP contribution in [0.15, 0.2) is 21.5 Å². The predicted octanol–water partition coefficient (Wildman–Crippen LogP) is 3.86. The van der Waals surface area contributed by atoms with Crippen LogP contribution in [0.1, 0.15) is 25.1 Å². The zero-order valence-electron chi connectivity index (χ0n) is 7.63. The van der Waals surface area contributed by atoms with Crippen molar-refractivity contribution in [2.45, 2.75) is 32.2 Å². The Balaban J connectivity index is 2.64. The summed E-state index contributed by atoms with van der Waals surface area (Å²) in [5, 5.41) is 1.15. The van der Waals surface area contributed by atoms with Gasteiger partial charge in [0.15, 0.2) is 0 Å². The Bertz CT molecular complexity index is 276. The summed E-state index contributed by atoms with van der Waals surface area (Å²) in [6.07, 6.45) is 3.32. The molecule has 0 saturated heterocycles. The number of aromatic nitrogens is 1. The summed E-state index contributed by atoms with van der Waals surface area (Å²) < 4.78 is 0. The molecule has 0 aliphatic carbocycles. The van der Waals surface area contributed by atoms with Gasteiger partial charge in [-0.3, -0.25) is 0 Å². The molecule has 0 unspecified atom stereocenters. The molecule has 0 aliphatic rings. The van der Waals surface area contributed by atoms with Gasteiger partial charge in [0.2, 0.25) is 0 Å². The lowest BCUT2D eigenvalue weighted by molar-refractivity contribution is 1.16. The van der Waals surface area contributed by atoms with E-state index in [1.807, 2.05) is 5.51 Å². The van der Waals surface area contributed by atoms with Crippen LogP contribution in [0.5, 0.6) is 0 Å². The zero-order chi connectivity index (χ0) is 8.97. The summed E-state index contributed by atoms with van der Waals surface area (Å²) in [6, 6.07) is 0.